The number of carbonyl (C=O) groups is 2. The topological polar surface area (TPSA) is 49.4 Å². The molecular weight excluding hydrogens is 252 g/mol. The smallest absolute Gasteiger partial charge is 0.246 e. The maximum Gasteiger partial charge on any atom is 0.246 e. The van der Waals surface area contributed by atoms with Crippen LogP contribution in [0.3, 0.4) is 0 Å². The lowest BCUT2D eigenvalue weighted by Gasteiger charge is -2.42. The molecular formula is C16H28N2O2. The van der Waals surface area contributed by atoms with Gasteiger partial charge >= 0.3 is 0 Å². The Balaban J connectivity index is 2.19. The predicted molar refractivity (Wildman–Crippen MR) is 79.0 cm³/mol. The number of nitrogens with one attached hydrogen (secondary N) is 1. The van der Waals surface area contributed by atoms with Gasteiger partial charge < -0.3 is 10.2 Å². The molecule has 1 heterocycles. The SMILES string of the molecule is CC(C)C(C)CN1C(=O)C(C2CC2)NC(=O)C1C(C)C. The summed E-state index contributed by atoms with van der Waals surface area (Å²) in [6.45, 7) is 11.2. The molecule has 4 nitrogen and oxygen atoms in total. The Morgan fingerprint density at radius 3 is 2.20 bits per heavy atom. The molecule has 0 aromatic carbocycles. The summed E-state index contributed by atoms with van der Waals surface area (Å²) in [7, 11) is 0. The van der Waals surface area contributed by atoms with Crippen molar-refractivity contribution in [1.82, 2.24) is 10.2 Å². The molecule has 0 aromatic rings. The lowest BCUT2D eigenvalue weighted by Crippen LogP contribution is -2.66. The molecule has 0 aromatic heterocycles. The zero-order chi connectivity index (χ0) is 15.0. The molecule has 4 heteroatoms. The van der Waals surface area contributed by atoms with Crippen molar-refractivity contribution in [2.24, 2.45) is 23.7 Å². The highest BCUT2D eigenvalue weighted by atomic mass is 16.2. The Hall–Kier alpha value is -1.06. The van der Waals surface area contributed by atoms with Gasteiger partial charge in [0.05, 0.1) is 0 Å². The van der Waals surface area contributed by atoms with E-state index in [1.165, 1.54) is 0 Å². The Kier molecular flexibility index (Phi) is 4.40. The van der Waals surface area contributed by atoms with Crippen LogP contribution in [0.25, 0.3) is 0 Å². The first-order valence-corrected chi connectivity index (χ1v) is 7.93. The van der Waals surface area contributed by atoms with Crippen molar-refractivity contribution in [2.75, 3.05) is 6.54 Å². The van der Waals surface area contributed by atoms with Gasteiger partial charge in [-0.15, -0.1) is 0 Å². The second-order valence-electron chi connectivity index (χ2n) is 7.22. The number of amides is 2. The molecule has 0 radical (unpaired) electrons. The van der Waals surface area contributed by atoms with E-state index >= 15 is 0 Å². The van der Waals surface area contributed by atoms with Crippen LogP contribution in [0.15, 0.2) is 0 Å². The predicted octanol–water partition coefficient (Wildman–Crippen LogP) is 2.04. The molecule has 3 atom stereocenters. The van der Waals surface area contributed by atoms with Crippen LogP contribution in [0.2, 0.25) is 0 Å². The Bertz CT molecular complexity index is 388. The summed E-state index contributed by atoms with van der Waals surface area (Å²) in [6.07, 6.45) is 2.13. The minimum Gasteiger partial charge on any atom is -0.342 e. The average molecular weight is 280 g/mol. The zero-order valence-corrected chi connectivity index (χ0v) is 13.3. The third-order valence-electron chi connectivity index (χ3n) is 4.80. The van der Waals surface area contributed by atoms with E-state index in [0.717, 1.165) is 12.8 Å². The number of piperazine rings is 1. The Morgan fingerprint density at radius 2 is 1.75 bits per heavy atom. The molecule has 0 spiro atoms. The maximum atomic E-state index is 12.7. The fourth-order valence-electron chi connectivity index (χ4n) is 2.89. The van der Waals surface area contributed by atoms with Crippen molar-refractivity contribution in [1.29, 1.82) is 0 Å². The Morgan fingerprint density at radius 1 is 1.15 bits per heavy atom. The van der Waals surface area contributed by atoms with Crippen molar-refractivity contribution in [3.63, 3.8) is 0 Å². The van der Waals surface area contributed by atoms with Crippen LogP contribution >= 0.6 is 0 Å². The summed E-state index contributed by atoms with van der Waals surface area (Å²) in [5.41, 5.74) is 0. The molecule has 114 valence electrons. The fourth-order valence-corrected chi connectivity index (χ4v) is 2.89. The highest BCUT2D eigenvalue weighted by Crippen LogP contribution is 2.36. The molecule has 2 rings (SSSR count). The zero-order valence-electron chi connectivity index (χ0n) is 13.3. The van der Waals surface area contributed by atoms with Crippen LogP contribution in [0.4, 0.5) is 0 Å². The molecule has 20 heavy (non-hydrogen) atoms. The van der Waals surface area contributed by atoms with Gasteiger partial charge in [-0.05, 0) is 36.5 Å². The fraction of sp³-hybridized carbons (Fsp3) is 0.875. The molecule has 1 aliphatic heterocycles. The summed E-state index contributed by atoms with van der Waals surface area (Å²) in [5, 5.41) is 2.96. The van der Waals surface area contributed by atoms with Crippen LogP contribution < -0.4 is 5.32 Å². The van der Waals surface area contributed by atoms with Crippen LogP contribution in [0.5, 0.6) is 0 Å². The van der Waals surface area contributed by atoms with Gasteiger partial charge in [-0.2, -0.15) is 0 Å². The monoisotopic (exact) mass is 280 g/mol. The van der Waals surface area contributed by atoms with Gasteiger partial charge in [0.25, 0.3) is 0 Å². The van der Waals surface area contributed by atoms with E-state index < -0.39 is 0 Å². The van der Waals surface area contributed by atoms with Crippen LogP contribution in [0.1, 0.15) is 47.5 Å². The van der Waals surface area contributed by atoms with Crippen molar-refractivity contribution in [2.45, 2.75) is 59.5 Å². The number of carbonyl (C=O) groups excluding carboxylic acids is 2. The van der Waals surface area contributed by atoms with Crippen LogP contribution in [0, 0.1) is 23.7 Å². The van der Waals surface area contributed by atoms with E-state index in [1.54, 1.807) is 0 Å². The largest absolute Gasteiger partial charge is 0.342 e. The van der Waals surface area contributed by atoms with Crippen LogP contribution in [-0.2, 0) is 9.59 Å². The quantitative estimate of drug-likeness (QED) is 0.838. The summed E-state index contributed by atoms with van der Waals surface area (Å²) < 4.78 is 0. The van der Waals surface area contributed by atoms with Gasteiger partial charge in [0.1, 0.15) is 12.1 Å². The second kappa shape index (κ2) is 5.74. The van der Waals surface area contributed by atoms with E-state index in [4.69, 9.17) is 0 Å². The molecule has 1 saturated carbocycles. The summed E-state index contributed by atoms with van der Waals surface area (Å²) in [6, 6.07) is -0.574. The first kappa shape index (κ1) is 15.3. The highest BCUT2D eigenvalue weighted by molar-refractivity contribution is 5.97. The second-order valence-corrected chi connectivity index (χ2v) is 7.22. The number of hydrogen-bond donors (Lipinski definition) is 1. The normalized spacial score (nSPS) is 29.1. The molecule has 2 fully saturated rings. The molecule has 2 amide bonds. The van der Waals surface area contributed by atoms with Crippen molar-refractivity contribution >= 4 is 11.8 Å². The molecule has 0 bridgehead atoms. The van der Waals surface area contributed by atoms with Gasteiger partial charge in [-0.3, -0.25) is 9.59 Å². The van der Waals surface area contributed by atoms with E-state index in [-0.39, 0.29) is 29.8 Å². The van der Waals surface area contributed by atoms with Crippen molar-refractivity contribution in [3.8, 4) is 0 Å². The summed E-state index contributed by atoms with van der Waals surface area (Å²) in [4.78, 5) is 27.0. The average Bonchev–Trinajstić information content (AvgIpc) is 3.16. The minimum absolute atomic E-state index is 0.0347. The third kappa shape index (κ3) is 2.99. The molecule has 1 saturated heterocycles. The summed E-state index contributed by atoms with van der Waals surface area (Å²) in [5.74, 6) is 1.62. The lowest BCUT2D eigenvalue weighted by atomic mass is 9.91. The van der Waals surface area contributed by atoms with E-state index in [9.17, 15) is 9.59 Å². The minimum atomic E-state index is -0.307. The van der Waals surface area contributed by atoms with E-state index in [1.807, 2.05) is 18.7 Å². The van der Waals surface area contributed by atoms with Gasteiger partial charge in [-0.1, -0.05) is 34.6 Å². The first-order chi connectivity index (χ1) is 9.32. The van der Waals surface area contributed by atoms with Gasteiger partial charge in [0.2, 0.25) is 11.8 Å². The van der Waals surface area contributed by atoms with E-state index in [0.29, 0.717) is 24.3 Å². The van der Waals surface area contributed by atoms with Crippen molar-refractivity contribution < 1.29 is 9.59 Å². The van der Waals surface area contributed by atoms with E-state index in [2.05, 4.69) is 26.1 Å². The molecule has 3 unspecified atom stereocenters. The Labute approximate surface area is 122 Å². The standard InChI is InChI=1S/C16H28N2O2/c1-9(2)11(5)8-18-14(10(3)4)15(19)17-13(16(18)20)12-6-7-12/h9-14H,6-8H2,1-5H3,(H,17,19). The van der Waals surface area contributed by atoms with Gasteiger partial charge in [0, 0.05) is 6.54 Å². The number of hydrogen-bond acceptors (Lipinski definition) is 2. The van der Waals surface area contributed by atoms with Gasteiger partial charge in [-0.25, -0.2) is 0 Å². The summed E-state index contributed by atoms with van der Waals surface area (Å²) >= 11 is 0. The van der Waals surface area contributed by atoms with Crippen molar-refractivity contribution in [3.05, 3.63) is 0 Å². The first-order valence-electron chi connectivity index (χ1n) is 7.93. The molecule has 1 aliphatic carbocycles. The molecule has 1 N–H and O–H groups in total. The highest BCUT2D eigenvalue weighted by Gasteiger charge is 2.47. The molecule has 2 aliphatic rings. The van der Waals surface area contributed by atoms with Gasteiger partial charge in [0.15, 0.2) is 0 Å². The number of rotatable bonds is 5. The third-order valence-corrected chi connectivity index (χ3v) is 4.80. The van der Waals surface area contributed by atoms with Crippen LogP contribution in [-0.4, -0.2) is 35.3 Å². The number of nitrogens with zero attached hydrogens (tertiary/aromatic N) is 1. The maximum absolute atomic E-state index is 12.7. The lowest BCUT2D eigenvalue weighted by molar-refractivity contribution is -0.152.